The van der Waals surface area contributed by atoms with Gasteiger partial charge in [0.25, 0.3) is 5.91 Å². The molecule has 8 heteroatoms. The number of halogens is 4. The summed E-state index contributed by atoms with van der Waals surface area (Å²) in [5, 5.41) is 2.57. The van der Waals surface area contributed by atoms with Gasteiger partial charge in [-0.2, -0.15) is 13.2 Å². The monoisotopic (exact) mass is 381 g/mol. The van der Waals surface area contributed by atoms with Gasteiger partial charge in [-0.3, -0.25) is 9.20 Å². The zero-order chi connectivity index (χ0) is 19.2. The molecule has 1 N–H and O–H groups in total. The molecular formula is C18H15ClF3N3O. The molecular weight excluding hydrogens is 367 g/mol. The van der Waals surface area contributed by atoms with E-state index in [1.807, 2.05) is 19.9 Å². The van der Waals surface area contributed by atoms with Crippen LogP contribution in [0.5, 0.6) is 0 Å². The van der Waals surface area contributed by atoms with Crippen LogP contribution in [-0.2, 0) is 6.18 Å². The molecule has 1 aromatic carbocycles. The number of anilines is 1. The highest BCUT2D eigenvalue weighted by molar-refractivity contribution is 6.33. The number of alkyl halides is 3. The number of nitrogens with zero attached hydrogens (tertiary/aromatic N) is 2. The third kappa shape index (κ3) is 3.14. The molecule has 0 aliphatic heterocycles. The molecule has 0 aliphatic rings. The lowest BCUT2D eigenvalue weighted by Crippen LogP contribution is -2.17. The molecule has 0 unspecified atom stereocenters. The predicted molar refractivity (Wildman–Crippen MR) is 93.8 cm³/mol. The van der Waals surface area contributed by atoms with Gasteiger partial charge in [0, 0.05) is 11.9 Å². The van der Waals surface area contributed by atoms with Crippen LogP contribution in [0, 0.1) is 20.8 Å². The quantitative estimate of drug-likeness (QED) is 0.664. The van der Waals surface area contributed by atoms with E-state index in [9.17, 15) is 18.0 Å². The third-order valence-electron chi connectivity index (χ3n) is 4.24. The first-order valence-electron chi connectivity index (χ1n) is 7.72. The summed E-state index contributed by atoms with van der Waals surface area (Å²) < 4.78 is 40.3. The molecule has 0 atom stereocenters. The molecule has 26 heavy (non-hydrogen) atoms. The highest BCUT2D eigenvalue weighted by atomic mass is 35.5. The van der Waals surface area contributed by atoms with Crippen molar-refractivity contribution < 1.29 is 18.0 Å². The van der Waals surface area contributed by atoms with Crippen LogP contribution >= 0.6 is 11.6 Å². The van der Waals surface area contributed by atoms with Crippen LogP contribution in [0.2, 0.25) is 5.02 Å². The number of hydrogen-bond donors (Lipinski definition) is 1. The number of carbonyl (C=O) groups is 1. The van der Waals surface area contributed by atoms with Crippen molar-refractivity contribution >= 4 is 28.8 Å². The minimum Gasteiger partial charge on any atom is -0.320 e. The highest BCUT2D eigenvalue weighted by Crippen LogP contribution is 2.33. The van der Waals surface area contributed by atoms with E-state index in [4.69, 9.17) is 11.6 Å². The molecule has 2 aromatic heterocycles. The number of carbonyl (C=O) groups excluding carboxylic acids is 1. The van der Waals surface area contributed by atoms with Gasteiger partial charge in [-0.05, 0) is 44.0 Å². The fraction of sp³-hybridized carbons (Fsp3) is 0.222. The van der Waals surface area contributed by atoms with E-state index in [0.717, 1.165) is 27.8 Å². The second-order valence-corrected chi connectivity index (χ2v) is 6.42. The summed E-state index contributed by atoms with van der Waals surface area (Å²) in [5.41, 5.74) is 1.89. The SMILES string of the molecule is Cc1cccc(NC(=O)c2c(C)nc3c(Cl)cc(C(F)(F)F)cn23)c1C. The Morgan fingerprint density at radius 3 is 2.58 bits per heavy atom. The zero-order valence-corrected chi connectivity index (χ0v) is 15.0. The molecule has 3 rings (SSSR count). The molecule has 0 fully saturated rings. The fourth-order valence-corrected chi connectivity index (χ4v) is 2.97. The van der Waals surface area contributed by atoms with Gasteiger partial charge in [0.15, 0.2) is 5.65 Å². The van der Waals surface area contributed by atoms with Crippen molar-refractivity contribution in [3.05, 3.63) is 63.6 Å². The number of aromatic nitrogens is 2. The molecule has 0 bridgehead atoms. The summed E-state index contributed by atoms with van der Waals surface area (Å²) >= 11 is 5.95. The number of fused-ring (bicyclic) bond motifs is 1. The molecule has 0 aliphatic carbocycles. The van der Waals surface area contributed by atoms with Crippen LogP contribution in [0.3, 0.4) is 0 Å². The van der Waals surface area contributed by atoms with Crippen LogP contribution < -0.4 is 5.32 Å². The van der Waals surface area contributed by atoms with E-state index < -0.39 is 17.6 Å². The Balaban J connectivity index is 2.12. The Morgan fingerprint density at radius 2 is 1.92 bits per heavy atom. The maximum atomic E-state index is 13.1. The maximum Gasteiger partial charge on any atom is 0.417 e. The van der Waals surface area contributed by atoms with Gasteiger partial charge in [-0.1, -0.05) is 23.7 Å². The number of imidazole rings is 1. The topological polar surface area (TPSA) is 46.4 Å². The normalized spacial score (nSPS) is 11.8. The Labute approximate surface area is 152 Å². The van der Waals surface area contributed by atoms with E-state index >= 15 is 0 Å². The standard InChI is InChI=1S/C18H15ClF3N3O/c1-9-5-4-6-14(10(9)2)24-17(26)15-11(3)23-16-13(19)7-12(8-25(15)16)18(20,21)22/h4-8H,1-3H3,(H,24,26). The van der Waals surface area contributed by atoms with Crippen molar-refractivity contribution in [3.63, 3.8) is 0 Å². The number of amides is 1. The summed E-state index contributed by atoms with van der Waals surface area (Å²) in [5.74, 6) is -0.556. The number of nitrogens with one attached hydrogen (secondary N) is 1. The number of pyridine rings is 1. The third-order valence-corrected chi connectivity index (χ3v) is 4.52. The Morgan fingerprint density at radius 1 is 1.23 bits per heavy atom. The van der Waals surface area contributed by atoms with Gasteiger partial charge < -0.3 is 5.32 Å². The fourth-order valence-electron chi connectivity index (χ4n) is 2.71. The first-order chi connectivity index (χ1) is 12.1. The molecule has 0 spiro atoms. The number of hydrogen-bond acceptors (Lipinski definition) is 2. The lowest BCUT2D eigenvalue weighted by Gasteiger charge is -2.12. The predicted octanol–water partition coefficient (Wildman–Crippen LogP) is 5.18. The Bertz CT molecular complexity index is 1020. The van der Waals surface area contributed by atoms with E-state index in [1.54, 1.807) is 19.1 Å². The van der Waals surface area contributed by atoms with Crippen LogP contribution in [0.4, 0.5) is 18.9 Å². The summed E-state index contributed by atoms with van der Waals surface area (Å²) in [6.45, 7) is 5.30. The average Bonchev–Trinajstić information content (AvgIpc) is 2.87. The average molecular weight is 382 g/mol. The Kier molecular flexibility index (Phi) is 4.44. The van der Waals surface area contributed by atoms with Gasteiger partial charge in [-0.25, -0.2) is 4.98 Å². The summed E-state index contributed by atoms with van der Waals surface area (Å²) in [6, 6.07) is 6.22. The largest absolute Gasteiger partial charge is 0.417 e. The first-order valence-corrected chi connectivity index (χ1v) is 8.10. The van der Waals surface area contributed by atoms with Crippen molar-refractivity contribution in [1.82, 2.24) is 9.38 Å². The van der Waals surface area contributed by atoms with Gasteiger partial charge in [-0.15, -0.1) is 0 Å². The molecule has 4 nitrogen and oxygen atoms in total. The Hall–Kier alpha value is -2.54. The van der Waals surface area contributed by atoms with Crippen molar-refractivity contribution in [3.8, 4) is 0 Å². The second-order valence-electron chi connectivity index (χ2n) is 6.02. The lowest BCUT2D eigenvalue weighted by atomic mass is 10.1. The summed E-state index contributed by atoms with van der Waals surface area (Å²) in [7, 11) is 0. The van der Waals surface area contributed by atoms with E-state index in [1.165, 1.54) is 0 Å². The van der Waals surface area contributed by atoms with E-state index in [2.05, 4.69) is 10.3 Å². The van der Waals surface area contributed by atoms with Crippen LogP contribution in [0.1, 0.15) is 32.9 Å². The van der Waals surface area contributed by atoms with E-state index in [0.29, 0.717) is 5.69 Å². The van der Waals surface area contributed by atoms with Gasteiger partial charge >= 0.3 is 6.18 Å². The van der Waals surface area contributed by atoms with Gasteiger partial charge in [0.2, 0.25) is 0 Å². The maximum absolute atomic E-state index is 13.1. The van der Waals surface area contributed by atoms with Crippen LogP contribution in [-0.4, -0.2) is 15.3 Å². The number of benzene rings is 1. The second kappa shape index (κ2) is 6.32. The molecule has 136 valence electrons. The van der Waals surface area contributed by atoms with Gasteiger partial charge in [0.05, 0.1) is 16.3 Å². The minimum absolute atomic E-state index is 0.00825. The first kappa shape index (κ1) is 18.3. The zero-order valence-electron chi connectivity index (χ0n) is 14.2. The van der Waals surface area contributed by atoms with Crippen LogP contribution in [0.25, 0.3) is 5.65 Å². The minimum atomic E-state index is -4.59. The molecule has 0 radical (unpaired) electrons. The molecule has 0 saturated heterocycles. The molecule has 3 aromatic rings. The summed E-state index contributed by atoms with van der Waals surface area (Å²) in [4.78, 5) is 16.9. The van der Waals surface area contributed by atoms with Crippen molar-refractivity contribution in [1.29, 1.82) is 0 Å². The highest BCUT2D eigenvalue weighted by Gasteiger charge is 2.33. The molecule has 0 saturated carbocycles. The van der Waals surface area contributed by atoms with Crippen molar-refractivity contribution in [2.75, 3.05) is 5.32 Å². The lowest BCUT2D eigenvalue weighted by molar-refractivity contribution is -0.137. The molecule has 1 amide bonds. The smallest absolute Gasteiger partial charge is 0.320 e. The van der Waals surface area contributed by atoms with E-state index in [-0.39, 0.29) is 22.1 Å². The molecule has 2 heterocycles. The number of aryl methyl sites for hydroxylation is 2. The van der Waals surface area contributed by atoms with Crippen molar-refractivity contribution in [2.45, 2.75) is 26.9 Å². The van der Waals surface area contributed by atoms with Crippen LogP contribution in [0.15, 0.2) is 30.5 Å². The van der Waals surface area contributed by atoms with Crippen molar-refractivity contribution in [2.24, 2.45) is 0 Å². The van der Waals surface area contributed by atoms with Gasteiger partial charge in [0.1, 0.15) is 5.69 Å². The number of rotatable bonds is 2. The summed E-state index contributed by atoms with van der Waals surface area (Å²) in [6.07, 6.45) is -3.75.